The van der Waals surface area contributed by atoms with Crippen LogP contribution >= 0.6 is 11.6 Å². The summed E-state index contributed by atoms with van der Waals surface area (Å²) in [5, 5.41) is 8.47. The van der Waals surface area contributed by atoms with Crippen molar-refractivity contribution in [3.05, 3.63) is 59.3 Å². The molecule has 0 unspecified atom stereocenters. The molecule has 6 nitrogen and oxygen atoms in total. The zero-order chi connectivity index (χ0) is 20.8. The number of piperidine rings is 1. The van der Waals surface area contributed by atoms with Crippen LogP contribution in [0.3, 0.4) is 0 Å². The first-order valence-corrected chi connectivity index (χ1v) is 11.0. The number of aromatic nitrogens is 2. The molecule has 1 amide bonds. The zero-order valence-corrected chi connectivity index (χ0v) is 17.9. The summed E-state index contributed by atoms with van der Waals surface area (Å²) in [7, 11) is 0. The maximum absolute atomic E-state index is 13.0. The van der Waals surface area contributed by atoms with Gasteiger partial charge in [0, 0.05) is 51.7 Å². The monoisotopic (exact) mass is 425 g/mol. The number of rotatable bonds is 5. The minimum Gasteiger partial charge on any atom is -0.355 e. The highest BCUT2D eigenvalue weighted by molar-refractivity contribution is 6.29. The third kappa shape index (κ3) is 5.37. The smallest absolute Gasteiger partial charge is 0.225 e. The van der Waals surface area contributed by atoms with Gasteiger partial charge in [0.2, 0.25) is 5.91 Å². The Morgan fingerprint density at radius 3 is 2.37 bits per heavy atom. The summed E-state index contributed by atoms with van der Waals surface area (Å²) < 4.78 is 0. The zero-order valence-electron chi connectivity index (χ0n) is 17.2. The Balaban J connectivity index is 1.20. The predicted molar refractivity (Wildman–Crippen MR) is 120 cm³/mol. The number of amides is 1. The fourth-order valence-corrected chi connectivity index (χ4v) is 4.24. The molecule has 2 saturated heterocycles. The molecule has 0 radical (unpaired) electrons. The van der Waals surface area contributed by atoms with Gasteiger partial charge in [-0.1, -0.05) is 54.1 Å². The fourth-order valence-electron chi connectivity index (χ4n) is 4.14. The van der Waals surface area contributed by atoms with Gasteiger partial charge >= 0.3 is 0 Å². The van der Waals surface area contributed by atoms with E-state index in [0.717, 1.165) is 64.5 Å². The SMILES string of the molecule is O=C(C1CCN(c2ccc(Cl)nn2)CC1)N1CCN(CC=Cc2ccccc2)CC1. The number of piperazine rings is 1. The molecule has 1 aromatic heterocycles. The number of hydrogen-bond donors (Lipinski definition) is 0. The Bertz CT molecular complexity index is 842. The van der Waals surface area contributed by atoms with E-state index in [4.69, 9.17) is 11.6 Å². The van der Waals surface area contributed by atoms with Gasteiger partial charge in [-0.2, -0.15) is 0 Å². The Hall–Kier alpha value is -2.44. The normalized spacial score (nSPS) is 18.8. The second-order valence-electron chi connectivity index (χ2n) is 7.91. The molecule has 158 valence electrons. The number of hydrogen-bond acceptors (Lipinski definition) is 5. The number of anilines is 1. The Kier molecular flexibility index (Phi) is 6.97. The summed E-state index contributed by atoms with van der Waals surface area (Å²) in [6.07, 6.45) is 6.10. The minimum absolute atomic E-state index is 0.117. The highest BCUT2D eigenvalue weighted by atomic mass is 35.5. The molecule has 0 saturated carbocycles. The van der Waals surface area contributed by atoms with Crippen LogP contribution in [0.5, 0.6) is 0 Å². The fraction of sp³-hybridized carbons (Fsp3) is 0.435. The summed E-state index contributed by atoms with van der Waals surface area (Å²) in [6.45, 7) is 6.10. The van der Waals surface area contributed by atoms with Crippen LogP contribution in [0.15, 0.2) is 48.5 Å². The van der Waals surface area contributed by atoms with Gasteiger partial charge in [-0.3, -0.25) is 9.69 Å². The summed E-state index contributed by atoms with van der Waals surface area (Å²) >= 11 is 5.82. The van der Waals surface area contributed by atoms with Crippen LogP contribution in [-0.2, 0) is 4.79 Å². The van der Waals surface area contributed by atoms with Crippen molar-refractivity contribution in [2.45, 2.75) is 12.8 Å². The number of benzene rings is 1. The van der Waals surface area contributed by atoms with Crippen molar-refractivity contribution >= 4 is 29.4 Å². The van der Waals surface area contributed by atoms with Gasteiger partial charge in [-0.15, -0.1) is 10.2 Å². The van der Waals surface area contributed by atoms with Crippen molar-refractivity contribution in [3.8, 4) is 0 Å². The van der Waals surface area contributed by atoms with Crippen LogP contribution in [0, 0.1) is 5.92 Å². The van der Waals surface area contributed by atoms with Crippen molar-refractivity contribution in [1.29, 1.82) is 0 Å². The number of carbonyl (C=O) groups is 1. The summed E-state index contributed by atoms with van der Waals surface area (Å²) in [6, 6.07) is 14.0. The van der Waals surface area contributed by atoms with Crippen LogP contribution in [0.1, 0.15) is 18.4 Å². The third-order valence-corrected chi connectivity index (χ3v) is 6.15. The van der Waals surface area contributed by atoms with E-state index in [1.165, 1.54) is 5.56 Å². The predicted octanol–water partition coefficient (Wildman–Crippen LogP) is 3.20. The molecule has 0 N–H and O–H groups in total. The lowest BCUT2D eigenvalue weighted by Crippen LogP contribution is -2.51. The molecule has 2 aromatic rings. The Morgan fingerprint density at radius 1 is 0.967 bits per heavy atom. The van der Waals surface area contributed by atoms with Crippen molar-refractivity contribution in [1.82, 2.24) is 20.0 Å². The molecule has 0 spiro atoms. The second-order valence-corrected chi connectivity index (χ2v) is 8.30. The van der Waals surface area contributed by atoms with Crippen LogP contribution in [-0.4, -0.2) is 71.7 Å². The average Bonchev–Trinajstić information content (AvgIpc) is 2.80. The quantitative estimate of drug-likeness (QED) is 0.736. The van der Waals surface area contributed by atoms with Crippen molar-refractivity contribution < 1.29 is 4.79 Å². The minimum atomic E-state index is 0.117. The molecule has 2 aliphatic heterocycles. The molecule has 4 rings (SSSR count). The van der Waals surface area contributed by atoms with E-state index in [1.807, 2.05) is 12.1 Å². The maximum Gasteiger partial charge on any atom is 0.225 e. The van der Waals surface area contributed by atoms with E-state index in [2.05, 4.69) is 61.3 Å². The molecule has 0 atom stereocenters. The molecule has 2 aliphatic rings. The van der Waals surface area contributed by atoms with Gasteiger partial charge in [-0.05, 0) is 30.5 Å². The molecule has 0 bridgehead atoms. The first kappa shape index (κ1) is 20.8. The molecule has 1 aromatic carbocycles. The van der Waals surface area contributed by atoms with E-state index < -0.39 is 0 Å². The maximum atomic E-state index is 13.0. The molecule has 0 aliphatic carbocycles. The van der Waals surface area contributed by atoms with Gasteiger partial charge < -0.3 is 9.80 Å². The van der Waals surface area contributed by atoms with Crippen molar-refractivity contribution in [2.75, 3.05) is 50.7 Å². The Morgan fingerprint density at radius 2 is 1.70 bits per heavy atom. The van der Waals surface area contributed by atoms with E-state index in [9.17, 15) is 4.79 Å². The molecule has 7 heteroatoms. The van der Waals surface area contributed by atoms with Crippen molar-refractivity contribution in [2.24, 2.45) is 5.92 Å². The van der Waals surface area contributed by atoms with E-state index in [0.29, 0.717) is 11.1 Å². The first-order valence-electron chi connectivity index (χ1n) is 10.7. The average molecular weight is 426 g/mol. The molecular formula is C23H28ClN5O. The van der Waals surface area contributed by atoms with Crippen LogP contribution in [0.4, 0.5) is 5.82 Å². The van der Waals surface area contributed by atoms with E-state index in [-0.39, 0.29) is 5.92 Å². The third-order valence-electron chi connectivity index (χ3n) is 5.94. The Labute approximate surface area is 183 Å². The summed E-state index contributed by atoms with van der Waals surface area (Å²) in [5.74, 6) is 1.27. The van der Waals surface area contributed by atoms with Gasteiger partial charge in [0.05, 0.1) is 0 Å². The van der Waals surface area contributed by atoms with E-state index >= 15 is 0 Å². The molecule has 30 heavy (non-hydrogen) atoms. The summed E-state index contributed by atoms with van der Waals surface area (Å²) in [4.78, 5) is 19.6. The number of nitrogens with zero attached hydrogens (tertiary/aromatic N) is 5. The van der Waals surface area contributed by atoms with Crippen LogP contribution in [0.25, 0.3) is 6.08 Å². The van der Waals surface area contributed by atoms with Gasteiger partial charge in [0.1, 0.15) is 0 Å². The topological polar surface area (TPSA) is 52.6 Å². The lowest BCUT2D eigenvalue weighted by Gasteiger charge is -2.38. The lowest BCUT2D eigenvalue weighted by molar-refractivity contribution is -0.137. The van der Waals surface area contributed by atoms with Crippen molar-refractivity contribution in [3.63, 3.8) is 0 Å². The second kappa shape index (κ2) is 10.0. The van der Waals surface area contributed by atoms with Crippen LogP contribution < -0.4 is 4.90 Å². The van der Waals surface area contributed by atoms with Gasteiger partial charge in [0.25, 0.3) is 0 Å². The largest absolute Gasteiger partial charge is 0.355 e. The standard InChI is InChI=1S/C23H28ClN5O/c24-21-8-9-22(26-25-21)28-13-10-20(11-14-28)23(30)29-17-15-27(16-18-29)12-4-7-19-5-2-1-3-6-19/h1-9,20H,10-18H2. The highest BCUT2D eigenvalue weighted by Gasteiger charge is 2.30. The number of halogens is 1. The first-order chi connectivity index (χ1) is 14.7. The van der Waals surface area contributed by atoms with Gasteiger partial charge in [-0.25, -0.2) is 0 Å². The van der Waals surface area contributed by atoms with Gasteiger partial charge in [0.15, 0.2) is 11.0 Å². The number of carbonyl (C=O) groups excluding carboxylic acids is 1. The highest BCUT2D eigenvalue weighted by Crippen LogP contribution is 2.24. The lowest BCUT2D eigenvalue weighted by atomic mass is 9.95. The summed E-state index contributed by atoms with van der Waals surface area (Å²) in [5.41, 5.74) is 1.22. The molecule has 2 fully saturated rings. The van der Waals surface area contributed by atoms with E-state index in [1.54, 1.807) is 6.07 Å². The van der Waals surface area contributed by atoms with Crippen LogP contribution in [0.2, 0.25) is 5.15 Å². The molecule has 3 heterocycles. The molecular weight excluding hydrogens is 398 g/mol.